The number of rotatable bonds is 6. The number of hydrogen-bond acceptors (Lipinski definition) is 10. The van der Waals surface area contributed by atoms with Gasteiger partial charge in [0.1, 0.15) is 24.1 Å². The number of nitrogens with two attached hydrogens (primary N) is 1. The van der Waals surface area contributed by atoms with Gasteiger partial charge in [0.05, 0.1) is 18.5 Å². The summed E-state index contributed by atoms with van der Waals surface area (Å²) in [5.41, 5.74) is 8.24. The van der Waals surface area contributed by atoms with Crippen LogP contribution in [0.5, 0.6) is 0 Å². The number of carbonyl (C=O) groups is 1. The normalized spacial score (nSPS) is 23.2. The summed E-state index contributed by atoms with van der Waals surface area (Å²) in [6.45, 7) is -0.890. The Labute approximate surface area is 193 Å². The molecule has 4 atom stereocenters. The molecule has 33 heavy (non-hydrogen) atoms. The smallest absolute Gasteiger partial charge is 0.339 e. The number of aryl methyl sites for hydroxylation is 2. The van der Waals surface area contributed by atoms with Crippen molar-refractivity contribution in [1.29, 1.82) is 0 Å². The van der Waals surface area contributed by atoms with E-state index in [0.717, 1.165) is 0 Å². The van der Waals surface area contributed by atoms with E-state index in [9.17, 15) is 19.7 Å². The maximum absolute atomic E-state index is 13.1. The van der Waals surface area contributed by atoms with Gasteiger partial charge >= 0.3 is 12.7 Å². The molecule has 14 heteroatoms. The number of fused-ring (bicyclic) bond motifs is 1. The van der Waals surface area contributed by atoms with Crippen LogP contribution in [0.15, 0.2) is 30.9 Å². The standard InChI is InChI=1S/C19H22N5O7PS/c1-9-4-3-5-10(2)12(9)19(26)31-15-14(25)11(6-29-32(27,28)33)30-18(15)24-8-23-13-16(20)21-7-22-17(13)24/h3-5,7-8,11,14-15,18,25H,6H2,1-2H3,(H2,20,21,22)(H2,27,28,33)/t11-,14-,15-,18-/m1/s1. The molecular weight excluding hydrogens is 473 g/mol. The SMILES string of the molecule is Cc1cccc(C)c1C(=O)O[C@@H]1[C@H](O)[C@@H](COP(O)(O)=S)O[C@H]1n1cnc2c(N)ncnc21. The number of nitrogens with zero attached hydrogens (tertiary/aromatic N) is 4. The Morgan fingerprint density at radius 1 is 1.27 bits per heavy atom. The Morgan fingerprint density at radius 2 is 1.97 bits per heavy atom. The third-order valence-corrected chi connectivity index (χ3v) is 6.11. The van der Waals surface area contributed by atoms with Gasteiger partial charge < -0.3 is 34.6 Å². The number of ether oxygens (including phenoxy) is 2. The molecule has 176 valence electrons. The van der Waals surface area contributed by atoms with Crippen molar-refractivity contribution in [1.82, 2.24) is 19.5 Å². The zero-order valence-corrected chi connectivity index (χ0v) is 19.3. The molecule has 0 spiro atoms. The van der Waals surface area contributed by atoms with Crippen molar-refractivity contribution in [2.24, 2.45) is 0 Å². The quantitative estimate of drug-likeness (QED) is 0.279. The van der Waals surface area contributed by atoms with Crippen molar-refractivity contribution in [2.75, 3.05) is 12.3 Å². The zero-order valence-electron chi connectivity index (χ0n) is 17.6. The average Bonchev–Trinajstić information content (AvgIpc) is 3.28. The molecule has 3 aromatic rings. The summed E-state index contributed by atoms with van der Waals surface area (Å²) in [6.07, 6.45) is -2.15. The van der Waals surface area contributed by atoms with E-state index in [1.165, 1.54) is 17.2 Å². The Bertz CT molecular complexity index is 1230. The molecule has 1 aliphatic heterocycles. The molecule has 0 radical (unpaired) electrons. The van der Waals surface area contributed by atoms with Crippen LogP contribution in [-0.2, 0) is 25.8 Å². The van der Waals surface area contributed by atoms with Crippen LogP contribution in [0.3, 0.4) is 0 Å². The second-order valence-corrected chi connectivity index (χ2v) is 10.2. The van der Waals surface area contributed by atoms with Gasteiger partial charge in [-0.2, -0.15) is 0 Å². The molecule has 3 heterocycles. The topological polar surface area (TPSA) is 175 Å². The summed E-state index contributed by atoms with van der Waals surface area (Å²) in [4.78, 5) is 44.1. The Hall–Kier alpha value is -2.51. The molecular formula is C19H22N5O7PS. The number of anilines is 1. The number of carbonyl (C=O) groups excluding carboxylic acids is 1. The molecule has 1 aliphatic rings. The highest BCUT2D eigenvalue weighted by atomic mass is 32.5. The van der Waals surface area contributed by atoms with E-state index in [4.69, 9.17) is 19.7 Å². The molecule has 1 aromatic carbocycles. The summed E-state index contributed by atoms with van der Waals surface area (Å²) in [6, 6.07) is 5.37. The third kappa shape index (κ3) is 4.75. The van der Waals surface area contributed by atoms with Crippen molar-refractivity contribution in [3.63, 3.8) is 0 Å². The predicted molar refractivity (Wildman–Crippen MR) is 119 cm³/mol. The minimum atomic E-state index is -4.00. The molecule has 12 nitrogen and oxygen atoms in total. The Kier molecular flexibility index (Phi) is 6.47. The maximum Gasteiger partial charge on any atom is 0.339 e. The van der Waals surface area contributed by atoms with Gasteiger partial charge in [0.2, 0.25) is 0 Å². The van der Waals surface area contributed by atoms with E-state index in [0.29, 0.717) is 27.9 Å². The van der Waals surface area contributed by atoms with Crippen molar-refractivity contribution < 1.29 is 33.7 Å². The number of hydrogen-bond donors (Lipinski definition) is 4. The highest BCUT2D eigenvalue weighted by Gasteiger charge is 2.48. The summed E-state index contributed by atoms with van der Waals surface area (Å²) < 4.78 is 17.9. The first-order valence-corrected chi connectivity index (χ1v) is 12.4. The Balaban J connectivity index is 1.69. The zero-order chi connectivity index (χ0) is 23.9. The van der Waals surface area contributed by atoms with Gasteiger partial charge in [-0.1, -0.05) is 18.2 Å². The van der Waals surface area contributed by atoms with Crippen LogP contribution in [0.4, 0.5) is 5.82 Å². The first-order chi connectivity index (χ1) is 15.6. The van der Waals surface area contributed by atoms with E-state index in [1.54, 1.807) is 26.0 Å². The number of benzene rings is 1. The first-order valence-electron chi connectivity index (χ1n) is 9.80. The lowest BCUT2D eigenvalue weighted by atomic mass is 10.0. The first kappa shape index (κ1) is 23.6. The second kappa shape index (κ2) is 9.03. The van der Waals surface area contributed by atoms with Gasteiger partial charge in [-0.05, 0) is 36.8 Å². The number of aliphatic hydroxyl groups excluding tert-OH is 1. The fourth-order valence-electron chi connectivity index (χ4n) is 3.75. The van der Waals surface area contributed by atoms with Crippen LogP contribution in [0.2, 0.25) is 0 Å². The van der Waals surface area contributed by atoms with Gasteiger partial charge in [0.15, 0.2) is 23.8 Å². The summed E-state index contributed by atoms with van der Waals surface area (Å²) in [5, 5.41) is 10.9. The van der Waals surface area contributed by atoms with Crippen LogP contribution < -0.4 is 5.73 Å². The Morgan fingerprint density at radius 3 is 2.64 bits per heavy atom. The number of nitrogen functional groups attached to an aromatic ring is 1. The van der Waals surface area contributed by atoms with Crippen molar-refractivity contribution in [3.8, 4) is 0 Å². The lowest BCUT2D eigenvalue weighted by Gasteiger charge is -2.22. The molecule has 0 amide bonds. The number of aliphatic hydroxyl groups is 1. The number of esters is 1. The molecule has 4 rings (SSSR count). The maximum atomic E-state index is 13.1. The van der Waals surface area contributed by atoms with E-state index in [-0.39, 0.29) is 5.82 Å². The lowest BCUT2D eigenvalue weighted by molar-refractivity contribution is -0.0548. The highest BCUT2D eigenvalue weighted by Crippen LogP contribution is 2.40. The second-order valence-electron chi connectivity index (χ2n) is 7.56. The fraction of sp³-hybridized carbons (Fsp3) is 0.368. The minimum Gasteiger partial charge on any atom is -0.451 e. The molecule has 0 unspecified atom stereocenters. The van der Waals surface area contributed by atoms with E-state index in [1.807, 2.05) is 6.07 Å². The van der Waals surface area contributed by atoms with Crippen LogP contribution >= 0.6 is 6.72 Å². The van der Waals surface area contributed by atoms with Crippen LogP contribution in [-0.4, -0.2) is 65.3 Å². The van der Waals surface area contributed by atoms with Crippen molar-refractivity contribution >= 4 is 41.5 Å². The summed E-state index contributed by atoms with van der Waals surface area (Å²) in [7, 11) is 0. The van der Waals surface area contributed by atoms with Crippen LogP contribution in [0, 0.1) is 13.8 Å². The van der Waals surface area contributed by atoms with Crippen molar-refractivity contribution in [3.05, 3.63) is 47.5 Å². The molecule has 0 bridgehead atoms. The molecule has 2 aromatic heterocycles. The van der Waals surface area contributed by atoms with Crippen LogP contribution in [0.25, 0.3) is 11.2 Å². The highest BCUT2D eigenvalue weighted by molar-refractivity contribution is 8.06. The van der Waals surface area contributed by atoms with E-state index >= 15 is 0 Å². The predicted octanol–water partition coefficient (Wildman–Crippen LogP) is 0.735. The number of aromatic nitrogens is 4. The lowest BCUT2D eigenvalue weighted by Crippen LogP contribution is -2.37. The van der Waals surface area contributed by atoms with Gasteiger partial charge in [0.25, 0.3) is 0 Å². The molecule has 0 saturated carbocycles. The van der Waals surface area contributed by atoms with Crippen molar-refractivity contribution in [2.45, 2.75) is 38.4 Å². The van der Waals surface area contributed by atoms with Gasteiger partial charge in [-0.3, -0.25) is 4.57 Å². The molecule has 1 saturated heterocycles. The largest absolute Gasteiger partial charge is 0.451 e. The van der Waals surface area contributed by atoms with Crippen LogP contribution in [0.1, 0.15) is 27.7 Å². The number of imidazole rings is 1. The third-order valence-electron chi connectivity index (χ3n) is 5.31. The van der Waals surface area contributed by atoms with Gasteiger partial charge in [0, 0.05) is 0 Å². The molecule has 5 N–H and O–H groups in total. The van der Waals surface area contributed by atoms with E-state index in [2.05, 4.69) is 26.8 Å². The summed E-state index contributed by atoms with van der Waals surface area (Å²) in [5.74, 6) is -0.514. The minimum absolute atomic E-state index is 0.141. The molecule has 1 fully saturated rings. The monoisotopic (exact) mass is 495 g/mol. The fourth-order valence-corrected chi connectivity index (χ4v) is 4.28. The summed E-state index contributed by atoms with van der Waals surface area (Å²) >= 11 is 4.47. The molecule has 0 aliphatic carbocycles. The average molecular weight is 495 g/mol. The van der Waals surface area contributed by atoms with Gasteiger partial charge in [-0.15, -0.1) is 0 Å². The van der Waals surface area contributed by atoms with Gasteiger partial charge in [-0.25, -0.2) is 19.7 Å². The van der Waals surface area contributed by atoms with E-state index < -0.39 is 43.8 Å².